The molecule has 0 aliphatic carbocycles. The van der Waals surface area contributed by atoms with Crippen LogP contribution in [0.2, 0.25) is 0 Å². The molecule has 0 radical (unpaired) electrons. The van der Waals surface area contributed by atoms with Crippen LogP contribution in [-0.4, -0.2) is 22.6 Å². The smallest absolute Gasteiger partial charge is 0.289 e. The molecule has 0 aliphatic rings. The second-order valence-corrected chi connectivity index (χ2v) is 5.52. The highest BCUT2D eigenvalue weighted by molar-refractivity contribution is 7.99. The van der Waals surface area contributed by atoms with Crippen molar-refractivity contribution in [2.75, 3.05) is 12.9 Å². The Hall–Kier alpha value is -2.26. The molecule has 0 bridgehead atoms. The lowest BCUT2D eigenvalue weighted by molar-refractivity contribution is 0.414. The van der Waals surface area contributed by atoms with Gasteiger partial charge in [0.25, 0.3) is 5.56 Å². The highest BCUT2D eigenvalue weighted by atomic mass is 32.2. The maximum atomic E-state index is 12.4. The van der Waals surface area contributed by atoms with E-state index in [1.165, 1.54) is 16.4 Å². The van der Waals surface area contributed by atoms with Crippen LogP contribution in [0.4, 0.5) is 0 Å². The summed E-state index contributed by atoms with van der Waals surface area (Å²) in [5.74, 6) is 1.52. The van der Waals surface area contributed by atoms with Crippen LogP contribution in [0.5, 0.6) is 5.75 Å². The summed E-state index contributed by atoms with van der Waals surface area (Å²) < 4.78 is 6.36. The number of thioether (sulfide) groups is 1. The predicted octanol–water partition coefficient (Wildman–Crippen LogP) is 2.53. The molecule has 1 aromatic heterocycles. The van der Waals surface area contributed by atoms with E-state index in [-0.39, 0.29) is 5.56 Å². The third-order valence-electron chi connectivity index (χ3n) is 3.00. The molecule has 108 valence electrons. The van der Waals surface area contributed by atoms with E-state index >= 15 is 0 Å². The lowest BCUT2D eigenvalue weighted by Crippen LogP contribution is -2.25. The van der Waals surface area contributed by atoms with E-state index in [2.05, 4.69) is 5.10 Å². The molecule has 2 rings (SSSR count). The molecule has 0 spiro atoms. The van der Waals surface area contributed by atoms with Gasteiger partial charge in [0.1, 0.15) is 22.4 Å². The maximum absolute atomic E-state index is 12.4. The fraction of sp³-hybridized carbons (Fsp3) is 0.267. The monoisotopic (exact) mass is 301 g/mol. The van der Waals surface area contributed by atoms with Gasteiger partial charge in [0.15, 0.2) is 0 Å². The zero-order chi connectivity index (χ0) is 15.4. The molecule has 5 nitrogen and oxygen atoms in total. The molecule has 21 heavy (non-hydrogen) atoms. The van der Waals surface area contributed by atoms with E-state index in [0.717, 1.165) is 5.75 Å². The van der Waals surface area contributed by atoms with Gasteiger partial charge in [-0.15, -0.1) is 11.8 Å². The number of benzene rings is 1. The van der Waals surface area contributed by atoms with Crippen LogP contribution in [0.15, 0.2) is 34.1 Å². The highest BCUT2D eigenvalue weighted by Crippen LogP contribution is 2.21. The summed E-state index contributed by atoms with van der Waals surface area (Å²) in [5, 5.41) is 14.3. The van der Waals surface area contributed by atoms with Gasteiger partial charge < -0.3 is 4.74 Å². The second kappa shape index (κ2) is 6.46. The van der Waals surface area contributed by atoms with Gasteiger partial charge in [-0.25, -0.2) is 0 Å². The van der Waals surface area contributed by atoms with Crippen LogP contribution in [0.25, 0.3) is 5.69 Å². The molecule has 0 saturated carbocycles. The summed E-state index contributed by atoms with van der Waals surface area (Å²) in [5.41, 5.74) is 0.978. The van der Waals surface area contributed by atoms with Crippen LogP contribution in [-0.2, 0) is 0 Å². The summed E-state index contributed by atoms with van der Waals surface area (Å²) in [7, 11) is 1.58. The molecule has 0 saturated heterocycles. The third kappa shape index (κ3) is 2.93. The first-order chi connectivity index (χ1) is 10.1. The molecule has 1 aromatic carbocycles. The van der Waals surface area contributed by atoms with Crippen molar-refractivity contribution in [3.05, 3.63) is 45.7 Å². The van der Waals surface area contributed by atoms with Crippen LogP contribution < -0.4 is 10.3 Å². The van der Waals surface area contributed by atoms with Crippen molar-refractivity contribution in [3.63, 3.8) is 0 Å². The predicted molar refractivity (Wildman–Crippen MR) is 82.2 cm³/mol. The van der Waals surface area contributed by atoms with Crippen molar-refractivity contribution in [2.24, 2.45) is 0 Å². The van der Waals surface area contributed by atoms with E-state index in [1.807, 2.05) is 13.0 Å². The van der Waals surface area contributed by atoms with Crippen molar-refractivity contribution in [3.8, 4) is 17.5 Å². The normalized spacial score (nSPS) is 10.2. The lowest BCUT2D eigenvalue weighted by Gasteiger charge is -2.11. The van der Waals surface area contributed by atoms with E-state index in [0.29, 0.717) is 22.0 Å². The minimum atomic E-state index is -0.402. The fourth-order valence-corrected chi connectivity index (χ4v) is 2.62. The summed E-state index contributed by atoms with van der Waals surface area (Å²) in [6.45, 7) is 3.75. The van der Waals surface area contributed by atoms with Gasteiger partial charge >= 0.3 is 0 Å². The molecule has 2 aromatic rings. The van der Waals surface area contributed by atoms with Gasteiger partial charge in [0.05, 0.1) is 12.8 Å². The van der Waals surface area contributed by atoms with Gasteiger partial charge in [-0.05, 0) is 36.9 Å². The summed E-state index contributed by atoms with van der Waals surface area (Å²) in [6, 6.07) is 8.97. The quantitative estimate of drug-likeness (QED) is 0.812. The van der Waals surface area contributed by atoms with Gasteiger partial charge in [-0.2, -0.15) is 15.0 Å². The Morgan fingerprint density at radius 3 is 2.57 bits per heavy atom. The first-order valence-electron chi connectivity index (χ1n) is 6.43. The molecule has 0 N–H and O–H groups in total. The average molecular weight is 301 g/mol. The molecular weight excluding hydrogens is 286 g/mol. The number of ether oxygens (including phenoxy) is 1. The maximum Gasteiger partial charge on any atom is 0.289 e. The van der Waals surface area contributed by atoms with Crippen LogP contribution in [0.3, 0.4) is 0 Å². The number of rotatable bonds is 4. The van der Waals surface area contributed by atoms with Crippen molar-refractivity contribution in [1.82, 2.24) is 9.78 Å². The first kappa shape index (κ1) is 15.1. The molecule has 0 atom stereocenters. The molecule has 0 unspecified atom stereocenters. The zero-order valence-corrected chi connectivity index (χ0v) is 12.9. The van der Waals surface area contributed by atoms with Gasteiger partial charge in [-0.1, -0.05) is 6.92 Å². The number of nitrogens with zero attached hydrogens (tertiary/aromatic N) is 3. The van der Waals surface area contributed by atoms with Crippen molar-refractivity contribution < 1.29 is 4.74 Å². The van der Waals surface area contributed by atoms with Gasteiger partial charge in [-0.3, -0.25) is 4.79 Å². The molecular formula is C15H15N3O2S. The molecule has 1 heterocycles. The van der Waals surface area contributed by atoms with Crippen LogP contribution in [0, 0.1) is 18.3 Å². The second-order valence-electron chi connectivity index (χ2n) is 4.26. The lowest BCUT2D eigenvalue weighted by atomic mass is 10.2. The summed E-state index contributed by atoms with van der Waals surface area (Å²) >= 11 is 1.51. The van der Waals surface area contributed by atoms with Gasteiger partial charge in [0, 0.05) is 5.56 Å². The van der Waals surface area contributed by atoms with Crippen molar-refractivity contribution in [2.45, 2.75) is 18.9 Å². The number of hydrogen-bond donors (Lipinski definition) is 0. The molecule has 6 heteroatoms. The Bertz CT molecular complexity index is 745. The first-order valence-corrected chi connectivity index (χ1v) is 7.42. The van der Waals surface area contributed by atoms with E-state index in [9.17, 15) is 10.1 Å². The van der Waals surface area contributed by atoms with Crippen LogP contribution >= 0.6 is 11.8 Å². The number of aromatic nitrogens is 2. The van der Waals surface area contributed by atoms with E-state index < -0.39 is 5.56 Å². The fourth-order valence-electron chi connectivity index (χ4n) is 1.89. The SMILES string of the molecule is CCSc1nn(-c2ccc(OC)cc2)c(=O)c(C#N)c1C. The zero-order valence-electron chi connectivity index (χ0n) is 12.1. The number of hydrogen-bond acceptors (Lipinski definition) is 5. The number of nitriles is 1. The minimum absolute atomic E-state index is 0.136. The Labute approximate surface area is 127 Å². The molecule has 0 aliphatic heterocycles. The molecule has 0 amide bonds. The Balaban J connectivity index is 2.64. The summed E-state index contributed by atoms with van der Waals surface area (Å²) in [6.07, 6.45) is 0. The van der Waals surface area contributed by atoms with E-state index in [1.54, 1.807) is 38.3 Å². The van der Waals surface area contributed by atoms with Gasteiger partial charge in [0.2, 0.25) is 0 Å². The minimum Gasteiger partial charge on any atom is -0.497 e. The average Bonchev–Trinajstić information content (AvgIpc) is 2.51. The Morgan fingerprint density at radius 2 is 2.05 bits per heavy atom. The van der Waals surface area contributed by atoms with Crippen molar-refractivity contribution >= 4 is 11.8 Å². The summed E-state index contributed by atoms with van der Waals surface area (Å²) in [4.78, 5) is 12.4. The Kier molecular flexibility index (Phi) is 4.66. The Morgan fingerprint density at radius 1 is 1.38 bits per heavy atom. The van der Waals surface area contributed by atoms with Crippen LogP contribution in [0.1, 0.15) is 18.1 Å². The number of methoxy groups -OCH3 is 1. The topological polar surface area (TPSA) is 67.9 Å². The third-order valence-corrected chi connectivity index (χ3v) is 3.95. The highest BCUT2D eigenvalue weighted by Gasteiger charge is 2.15. The standard InChI is InChI=1S/C15H15N3O2S/c1-4-21-14-10(2)13(9-16)15(19)18(17-14)11-5-7-12(20-3)8-6-11/h5-8H,4H2,1-3H3. The molecule has 0 fully saturated rings. The van der Waals surface area contributed by atoms with E-state index in [4.69, 9.17) is 4.74 Å². The van der Waals surface area contributed by atoms with Crippen molar-refractivity contribution in [1.29, 1.82) is 5.26 Å². The largest absolute Gasteiger partial charge is 0.497 e.